The number of hydrogen-bond acceptors (Lipinski definition) is 5. The van der Waals surface area contributed by atoms with E-state index in [1.54, 1.807) is 43.5 Å². The second-order valence-electron chi connectivity index (χ2n) is 7.75. The van der Waals surface area contributed by atoms with Crippen molar-refractivity contribution in [2.24, 2.45) is 0 Å². The van der Waals surface area contributed by atoms with Crippen LogP contribution in [-0.4, -0.2) is 43.5 Å². The van der Waals surface area contributed by atoms with E-state index in [1.807, 2.05) is 12.1 Å². The van der Waals surface area contributed by atoms with Crippen LogP contribution in [0.3, 0.4) is 0 Å². The molecule has 0 unspecified atom stereocenters. The number of anilines is 1. The Morgan fingerprint density at radius 1 is 1.00 bits per heavy atom. The molecule has 0 bridgehead atoms. The summed E-state index contributed by atoms with van der Waals surface area (Å²) in [4.78, 5) is 27.3. The lowest BCUT2D eigenvalue weighted by molar-refractivity contribution is 0.0937. The Hall–Kier alpha value is -3.58. The number of furan rings is 1. The first-order chi connectivity index (χ1) is 15.6. The van der Waals surface area contributed by atoms with Crippen molar-refractivity contribution >= 4 is 17.5 Å². The van der Waals surface area contributed by atoms with Crippen LogP contribution in [0.4, 0.5) is 5.69 Å². The van der Waals surface area contributed by atoms with Gasteiger partial charge in [0.25, 0.3) is 11.8 Å². The maximum Gasteiger partial charge on any atom is 0.291 e. The molecule has 1 aliphatic rings. The molecule has 7 heteroatoms. The zero-order valence-electron chi connectivity index (χ0n) is 18.0. The zero-order chi connectivity index (χ0) is 22.3. The van der Waals surface area contributed by atoms with E-state index in [9.17, 15) is 9.59 Å². The molecule has 0 saturated carbocycles. The summed E-state index contributed by atoms with van der Waals surface area (Å²) in [6, 6.07) is 18.2. The van der Waals surface area contributed by atoms with Gasteiger partial charge < -0.3 is 19.8 Å². The fourth-order valence-corrected chi connectivity index (χ4v) is 3.93. The number of likely N-dealkylation sites (tertiary alicyclic amines) is 1. The molecule has 1 fully saturated rings. The number of nitrogens with zero attached hydrogens (tertiary/aromatic N) is 1. The first-order valence-corrected chi connectivity index (χ1v) is 10.7. The third kappa shape index (κ3) is 5.18. The molecule has 2 heterocycles. The van der Waals surface area contributed by atoms with E-state index < -0.39 is 0 Å². The van der Waals surface area contributed by atoms with Gasteiger partial charge in [0, 0.05) is 17.8 Å². The summed E-state index contributed by atoms with van der Waals surface area (Å²) in [5.41, 5.74) is 2.29. The van der Waals surface area contributed by atoms with E-state index in [4.69, 9.17) is 9.15 Å². The number of carbonyl (C=O) groups is 2. The van der Waals surface area contributed by atoms with E-state index in [2.05, 4.69) is 27.7 Å². The number of nitrogens with one attached hydrogen (secondary N) is 2. The second-order valence-corrected chi connectivity index (χ2v) is 7.75. The summed E-state index contributed by atoms with van der Waals surface area (Å²) in [6.45, 7) is 2.56. The Labute approximate surface area is 187 Å². The third-order valence-electron chi connectivity index (χ3n) is 5.69. The van der Waals surface area contributed by atoms with Crippen molar-refractivity contribution < 1.29 is 18.7 Å². The van der Waals surface area contributed by atoms with Crippen LogP contribution in [0.25, 0.3) is 0 Å². The second kappa shape index (κ2) is 10.2. The largest absolute Gasteiger partial charge is 0.497 e. The smallest absolute Gasteiger partial charge is 0.291 e. The lowest BCUT2D eigenvalue weighted by Crippen LogP contribution is -2.36. The van der Waals surface area contributed by atoms with Gasteiger partial charge >= 0.3 is 0 Å². The molecule has 1 aromatic heterocycles. The lowest BCUT2D eigenvalue weighted by atomic mass is 10.0. The Morgan fingerprint density at radius 3 is 2.34 bits per heavy atom. The maximum atomic E-state index is 12.8. The summed E-state index contributed by atoms with van der Waals surface area (Å²) in [5.74, 6) is 0.572. The van der Waals surface area contributed by atoms with Gasteiger partial charge in [0.2, 0.25) is 0 Å². The summed E-state index contributed by atoms with van der Waals surface area (Å²) in [7, 11) is 1.65. The van der Waals surface area contributed by atoms with Crippen molar-refractivity contribution in [3.63, 3.8) is 0 Å². The summed E-state index contributed by atoms with van der Waals surface area (Å²) in [6.07, 6.45) is 3.79. The Kier molecular flexibility index (Phi) is 6.87. The molecule has 1 atom stereocenters. The quantitative estimate of drug-likeness (QED) is 0.559. The van der Waals surface area contributed by atoms with Crippen LogP contribution in [0.5, 0.6) is 5.75 Å². The highest BCUT2D eigenvalue weighted by Gasteiger charge is 2.24. The molecule has 1 saturated heterocycles. The molecular formula is C25H27N3O4. The van der Waals surface area contributed by atoms with Gasteiger partial charge in [-0.2, -0.15) is 0 Å². The van der Waals surface area contributed by atoms with E-state index in [1.165, 1.54) is 19.1 Å². The molecule has 3 aromatic rings. The fourth-order valence-electron chi connectivity index (χ4n) is 3.93. The normalized spacial score (nSPS) is 14.7. The number of carbonyl (C=O) groups excluding carboxylic acids is 2. The van der Waals surface area contributed by atoms with Crippen LogP contribution in [0, 0.1) is 0 Å². The lowest BCUT2D eigenvalue weighted by Gasteiger charge is -2.28. The SMILES string of the molecule is COc1ccc([C@H](CNC(=O)c2ccc(NC(=O)c3ccco3)cc2)N2CCCC2)cc1. The summed E-state index contributed by atoms with van der Waals surface area (Å²) in [5, 5.41) is 5.82. The minimum atomic E-state index is -0.333. The molecule has 2 amide bonds. The molecule has 1 aliphatic heterocycles. The van der Waals surface area contributed by atoms with Crippen molar-refractivity contribution in [2.75, 3.05) is 32.1 Å². The highest BCUT2D eigenvalue weighted by Crippen LogP contribution is 2.26. The average Bonchev–Trinajstić information content (AvgIpc) is 3.55. The van der Waals surface area contributed by atoms with Crippen LogP contribution in [0.15, 0.2) is 71.3 Å². The molecule has 4 rings (SSSR count). The molecule has 0 radical (unpaired) electrons. The average molecular weight is 434 g/mol. The van der Waals surface area contributed by atoms with Crippen LogP contribution >= 0.6 is 0 Å². The molecule has 32 heavy (non-hydrogen) atoms. The van der Waals surface area contributed by atoms with Crippen LogP contribution < -0.4 is 15.4 Å². The Morgan fingerprint density at radius 2 is 1.72 bits per heavy atom. The third-order valence-corrected chi connectivity index (χ3v) is 5.69. The molecule has 7 nitrogen and oxygen atoms in total. The topological polar surface area (TPSA) is 83.8 Å². The first kappa shape index (κ1) is 21.6. The molecule has 2 N–H and O–H groups in total. The summed E-state index contributed by atoms with van der Waals surface area (Å²) >= 11 is 0. The minimum Gasteiger partial charge on any atom is -0.497 e. The zero-order valence-corrected chi connectivity index (χ0v) is 18.0. The number of benzene rings is 2. The van der Waals surface area contributed by atoms with E-state index in [0.29, 0.717) is 17.8 Å². The van der Waals surface area contributed by atoms with Gasteiger partial charge in [-0.15, -0.1) is 0 Å². The number of amides is 2. The van der Waals surface area contributed by atoms with Crippen LogP contribution in [-0.2, 0) is 0 Å². The van der Waals surface area contributed by atoms with Gasteiger partial charge in [-0.05, 0) is 80.0 Å². The van der Waals surface area contributed by atoms with Crippen LogP contribution in [0.1, 0.15) is 45.4 Å². The number of ether oxygens (including phenoxy) is 1. The monoisotopic (exact) mass is 433 g/mol. The van der Waals surface area contributed by atoms with Gasteiger partial charge in [0.15, 0.2) is 5.76 Å². The maximum absolute atomic E-state index is 12.8. The number of methoxy groups -OCH3 is 1. The molecular weight excluding hydrogens is 406 g/mol. The Balaban J connectivity index is 1.38. The summed E-state index contributed by atoms with van der Waals surface area (Å²) < 4.78 is 10.4. The first-order valence-electron chi connectivity index (χ1n) is 10.7. The van der Waals surface area contributed by atoms with E-state index >= 15 is 0 Å². The molecule has 0 aliphatic carbocycles. The van der Waals surface area contributed by atoms with Gasteiger partial charge in [0.1, 0.15) is 5.75 Å². The van der Waals surface area contributed by atoms with Crippen molar-refractivity contribution in [1.29, 1.82) is 0 Å². The van der Waals surface area contributed by atoms with E-state index in [-0.39, 0.29) is 23.6 Å². The van der Waals surface area contributed by atoms with Crippen molar-refractivity contribution in [1.82, 2.24) is 10.2 Å². The van der Waals surface area contributed by atoms with E-state index in [0.717, 1.165) is 24.4 Å². The molecule has 0 spiro atoms. The van der Waals surface area contributed by atoms with Gasteiger partial charge in [-0.3, -0.25) is 14.5 Å². The standard InChI is InChI=1S/C25H27N3O4/c1-31-21-12-8-18(9-13-21)22(28-14-2-3-15-28)17-26-24(29)19-6-10-20(11-7-19)27-25(30)23-5-4-16-32-23/h4-13,16,22H,2-3,14-15,17H2,1H3,(H,26,29)(H,27,30)/t22-/m0/s1. The van der Waals surface area contributed by atoms with Gasteiger partial charge in [-0.25, -0.2) is 0 Å². The predicted molar refractivity (Wildman–Crippen MR) is 122 cm³/mol. The molecule has 166 valence electrons. The van der Waals surface area contributed by atoms with Crippen LogP contribution in [0.2, 0.25) is 0 Å². The van der Waals surface area contributed by atoms with Crippen molar-refractivity contribution in [3.8, 4) is 5.75 Å². The van der Waals surface area contributed by atoms with Gasteiger partial charge in [-0.1, -0.05) is 12.1 Å². The highest BCUT2D eigenvalue weighted by atomic mass is 16.5. The minimum absolute atomic E-state index is 0.110. The van der Waals surface area contributed by atoms with Gasteiger partial charge in [0.05, 0.1) is 19.4 Å². The van der Waals surface area contributed by atoms with Crippen molar-refractivity contribution in [3.05, 3.63) is 83.8 Å². The van der Waals surface area contributed by atoms with Crippen molar-refractivity contribution in [2.45, 2.75) is 18.9 Å². The highest BCUT2D eigenvalue weighted by molar-refractivity contribution is 6.02. The fraction of sp³-hybridized carbons (Fsp3) is 0.280. The number of rotatable bonds is 8. The Bertz CT molecular complexity index is 1020. The molecule has 2 aromatic carbocycles. The number of hydrogen-bond donors (Lipinski definition) is 2. The predicted octanol–water partition coefficient (Wildman–Crippen LogP) is 4.11.